The van der Waals surface area contributed by atoms with Gasteiger partial charge >= 0.3 is 5.97 Å². The smallest absolute Gasteiger partial charge is 0.313 e. The number of hydrogen-bond donors (Lipinski definition) is 2. The third-order valence-corrected chi connectivity index (χ3v) is 5.89. The fourth-order valence-electron chi connectivity index (χ4n) is 3.98. The Bertz CT molecular complexity index is 1140. The molecule has 0 radical (unpaired) electrons. The van der Waals surface area contributed by atoms with Gasteiger partial charge in [0.05, 0.1) is 10.9 Å². The molecule has 7 heteroatoms. The second-order valence-corrected chi connectivity index (χ2v) is 8.08. The van der Waals surface area contributed by atoms with Crippen LogP contribution in [0.2, 0.25) is 5.02 Å². The van der Waals surface area contributed by atoms with Crippen molar-refractivity contribution in [3.8, 4) is 5.75 Å². The van der Waals surface area contributed by atoms with Gasteiger partial charge < -0.3 is 10.2 Å². The van der Waals surface area contributed by atoms with Gasteiger partial charge in [-0.05, 0) is 56.7 Å². The first kappa shape index (κ1) is 21.8. The van der Waals surface area contributed by atoms with Gasteiger partial charge in [0, 0.05) is 27.2 Å². The predicted molar refractivity (Wildman–Crippen MR) is 114 cm³/mol. The molecule has 2 N–H and O–H groups in total. The Morgan fingerprint density at radius 1 is 1.17 bits per heavy atom. The number of aliphatic carboxylic acids is 1. The fraction of sp³-hybridized carbons (Fsp3) is 0.304. The summed E-state index contributed by atoms with van der Waals surface area (Å²) in [5, 5.41) is 20.5. The maximum Gasteiger partial charge on any atom is 0.313 e. The summed E-state index contributed by atoms with van der Waals surface area (Å²) in [5.74, 6) is -3.08. The van der Waals surface area contributed by atoms with E-state index in [-0.39, 0.29) is 22.9 Å². The van der Waals surface area contributed by atoms with Gasteiger partial charge in [0.2, 0.25) is 0 Å². The van der Waals surface area contributed by atoms with E-state index >= 15 is 4.39 Å². The highest BCUT2D eigenvalue weighted by molar-refractivity contribution is 6.30. The van der Waals surface area contributed by atoms with Gasteiger partial charge in [-0.15, -0.1) is 0 Å². The number of carbonyl (C=O) groups is 2. The zero-order valence-corrected chi connectivity index (χ0v) is 17.8. The zero-order chi connectivity index (χ0) is 22.2. The van der Waals surface area contributed by atoms with E-state index in [0.717, 1.165) is 12.5 Å². The average molecular weight is 432 g/mol. The summed E-state index contributed by atoms with van der Waals surface area (Å²) < 4.78 is 16.4. The van der Waals surface area contributed by atoms with Crippen molar-refractivity contribution < 1.29 is 24.2 Å². The van der Waals surface area contributed by atoms with E-state index < -0.39 is 28.9 Å². The van der Waals surface area contributed by atoms with Crippen LogP contribution in [0.3, 0.4) is 0 Å². The molecule has 0 amide bonds. The van der Waals surface area contributed by atoms with Crippen LogP contribution in [-0.2, 0) is 10.2 Å². The number of carboxylic acids is 1. The molecular formula is C23H23ClFNO4. The number of halogens is 2. The number of unbranched alkanes of at least 4 members (excludes halogenated alkanes) is 1. The van der Waals surface area contributed by atoms with Gasteiger partial charge in [-0.25, -0.2) is 4.39 Å². The molecule has 0 fully saturated rings. The summed E-state index contributed by atoms with van der Waals surface area (Å²) in [4.78, 5) is 25.6. The average Bonchev–Trinajstić information content (AvgIpc) is 3.02. The van der Waals surface area contributed by atoms with Gasteiger partial charge in [-0.1, -0.05) is 31.4 Å². The van der Waals surface area contributed by atoms with Crippen LogP contribution in [0.1, 0.15) is 54.7 Å². The lowest BCUT2D eigenvalue weighted by Crippen LogP contribution is -2.33. The molecule has 2 aromatic carbocycles. The maximum absolute atomic E-state index is 15.1. The first-order chi connectivity index (χ1) is 14.1. The number of phenolic OH excluding ortho intramolecular Hbond substituents is 1. The summed E-state index contributed by atoms with van der Waals surface area (Å²) in [7, 11) is 0. The van der Waals surface area contributed by atoms with Crippen molar-refractivity contribution in [1.29, 1.82) is 0 Å². The van der Waals surface area contributed by atoms with Crippen molar-refractivity contribution in [1.82, 2.24) is 4.57 Å². The molecule has 158 valence electrons. The molecule has 0 aliphatic heterocycles. The minimum Gasteiger partial charge on any atom is -0.505 e. The van der Waals surface area contributed by atoms with Crippen LogP contribution >= 0.6 is 11.6 Å². The van der Waals surface area contributed by atoms with Crippen LogP contribution < -0.4 is 0 Å². The Hall–Kier alpha value is -2.86. The molecule has 0 saturated carbocycles. The van der Waals surface area contributed by atoms with E-state index in [2.05, 4.69) is 0 Å². The molecule has 3 rings (SSSR count). The van der Waals surface area contributed by atoms with Crippen LogP contribution in [0.25, 0.3) is 10.9 Å². The number of nitrogens with zero attached hydrogens (tertiary/aromatic N) is 1. The summed E-state index contributed by atoms with van der Waals surface area (Å²) >= 11 is 5.91. The Morgan fingerprint density at radius 3 is 2.37 bits per heavy atom. The molecule has 30 heavy (non-hydrogen) atoms. The lowest BCUT2D eigenvalue weighted by Gasteiger charge is -2.26. The first-order valence-electron chi connectivity index (χ1n) is 9.70. The minimum atomic E-state index is -1.43. The molecular weight excluding hydrogens is 409 g/mol. The standard InChI is InChI=1S/C23H23ClFNO4/c1-4-5-12-23(3,22(29)30)19-13(2)26(16-10-11-17(27)20(25)18(16)19)21(28)14-6-8-15(24)9-7-14/h6-11,27H,4-5,12H2,1-3H3,(H,29,30)/t23-/m1/s1. The number of hydrogen-bond acceptors (Lipinski definition) is 3. The predicted octanol–water partition coefficient (Wildman–Crippen LogP) is 5.67. The SMILES string of the molecule is CCCC[C@@](C)(C(=O)O)c1c(C)n(C(=O)c2ccc(Cl)cc2)c2ccc(O)c(F)c12. The van der Waals surface area contributed by atoms with E-state index in [1.165, 1.54) is 17.6 Å². The summed E-state index contributed by atoms with van der Waals surface area (Å²) in [6.45, 7) is 5.08. The van der Waals surface area contributed by atoms with Gasteiger partial charge in [0.15, 0.2) is 11.6 Å². The molecule has 1 atom stereocenters. The number of rotatable bonds is 6. The van der Waals surface area contributed by atoms with E-state index in [4.69, 9.17) is 11.6 Å². The quantitative estimate of drug-likeness (QED) is 0.527. The molecule has 1 heterocycles. The van der Waals surface area contributed by atoms with Crippen LogP contribution in [0.4, 0.5) is 4.39 Å². The van der Waals surface area contributed by atoms with Gasteiger partial charge in [-0.3, -0.25) is 14.2 Å². The van der Waals surface area contributed by atoms with Crippen molar-refractivity contribution in [2.24, 2.45) is 0 Å². The van der Waals surface area contributed by atoms with Crippen molar-refractivity contribution in [2.75, 3.05) is 0 Å². The number of phenols is 1. The number of fused-ring (bicyclic) bond motifs is 1. The topological polar surface area (TPSA) is 79.5 Å². The molecule has 1 aromatic heterocycles. The molecule has 3 aromatic rings. The molecule has 5 nitrogen and oxygen atoms in total. The van der Waals surface area contributed by atoms with Gasteiger partial charge in [0.25, 0.3) is 5.91 Å². The Labute approximate surface area is 178 Å². The lowest BCUT2D eigenvalue weighted by atomic mass is 9.76. The second-order valence-electron chi connectivity index (χ2n) is 7.64. The van der Waals surface area contributed by atoms with E-state index in [1.54, 1.807) is 31.2 Å². The summed E-state index contributed by atoms with van der Waals surface area (Å²) in [6.07, 6.45) is 1.64. The molecule has 0 aliphatic carbocycles. The van der Waals surface area contributed by atoms with E-state index in [9.17, 15) is 19.8 Å². The van der Waals surface area contributed by atoms with Crippen LogP contribution in [0.5, 0.6) is 5.75 Å². The lowest BCUT2D eigenvalue weighted by molar-refractivity contribution is -0.143. The number of aromatic hydroxyl groups is 1. The third-order valence-electron chi connectivity index (χ3n) is 5.64. The zero-order valence-electron chi connectivity index (χ0n) is 17.0. The van der Waals surface area contributed by atoms with Gasteiger partial charge in [-0.2, -0.15) is 0 Å². The normalized spacial score (nSPS) is 13.4. The molecule has 0 unspecified atom stereocenters. The number of benzene rings is 2. The van der Waals surface area contributed by atoms with Crippen LogP contribution in [0, 0.1) is 12.7 Å². The Balaban J connectivity index is 2.37. The van der Waals surface area contributed by atoms with E-state index in [0.29, 0.717) is 22.7 Å². The Kier molecular flexibility index (Phi) is 5.90. The number of aromatic nitrogens is 1. The molecule has 0 aliphatic rings. The first-order valence-corrected chi connectivity index (χ1v) is 10.1. The van der Waals surface area contributed by atoms with Gasteiger partial charge in [0.1, 0.15) is 0 Å². The van der Waals surface area contributed by atoms with Crippen molar-refractivity contribution in [3.63, 3.8) is 0 Å². The Morgan fingerprint density at radius 2 is 1.80 bits per heavy atom. The molecule has 0 bridgehead atoms. The molecule has 0 spiro atoms. The monoisotopic (exact) mass is 431 g/mol. The van der Waals surface area contributed by atoms with Crippen LogP contribution in [-0.4, -0.2) is 26.7 Å². The maximum atomic E-state index is 15.1. The second kappa shape index (κ2) is 8.11. The van der Waals surface area contributed by atoms with Crippen molar-refractivity contribution in [2.45, 2.75) is 45.4 Å². The number of carbonyl (C=O) groups excluding carboxylic acids is 1. The third kappa shape index (κ3) is 3.45. The minimum absolute atomic E-state index is 0.0455. The number of carboxylic acid groups (broad SMARTS) is 1. The highest BCUT2D eigenvalue weighted by atomic mass is 35.5. The highest BCUT2D eigenvalue weighted by Gasteiger charge is 2.41. The fourth-order valence-corrected chi connectivity index (χ4v) is 4.11. The van der Waals surface area contributed by atoms with E-state index in [1.807, 2.05) is 6.92 Å². The summed E-state index contributed by atoms with van der Waals surface area (Å²) in [6, 6.07) is 8.86. The van der Waals surface area contributed by atoms with Crippen molar-refractivity contribution >= 4 is 34.4 Å². The van der Waals surface area contributed by atoms with Crippen molar-refractivity contribution in [3.05, 3.63) is 64.1 Å². The largest absolute Gasteiger partial charge is 0.505 e. The molecule has 0 saturated heterocycles. The van der Waals surface area contributed by atoms with Crippen LogP contribution in [0.15, 0.2) is 36.4 Å². The summed E-state index contributed by atoms with van der Waals surface area (Å²) in [5.41, 5.74) is -0.366. The highest BCUT2D eigenvalue weighted by Crippen LogP contribution is 2.42.